The molecule has 70 valence electrons. The van der Waals surface area contributed by atoms with Gasteiger partial charge in [0.2, 0.25) is 0 Å². The highest BCUT2D eigenvalue weighted by Gasteiger charge is 2.23. The third-order valence-electron chi connectivity index (χ3n) is 2.72. The molecule has 1 saturated heterocycles. The van der Waals surface area contributed by atoms with Crippen molar-refractivity contribution in [2.45, 2.75) is 19.4 Å². The third-order valence-corrected chi connectivity index (χ3v) is 2.72. The first-order chi connectivity index (χ1) is 6.31. The Labute approximate surface area is 79.1 Å². The number of benzene rings is 1. The minimum absolute atomic E-state index is 0.702. The summed E-state index contributed by atoms with van der Waals surface area (Å²) in [6.07, 6.45) is 1.31. The summed E-state index contributed by atoms with van der Waals surface area (Å²) in [7, 11) is 1.70. The molecular formula is C11H15NO. The normalized spacial score (nSPS) is 21.1. The van der Waals surface area contributed by atoms with E-state index in [-0.39, 0.29) is 0 Å². The molecule has 1 heterocycles. The van der Waals surface area contributed by atoms with E-state index >= 15 is 0 Å². The van der Waals surface area contributed by atoms with Crippen molar-refractivity contribution in [1.29, 1.82) is 0 Å². The van der Waals surface area contributed by atoms with Crippen molar-refractivity contribution in [3.8, 4) is 5.75 Å². The predicted molar refractivity (Wildman–Crippen MR) is 54.4 cm³/mol. The van der Waals surface area contributed by atoms with E-state index in [1.165, 1.54) is 18.7 Å². The van der Waals surface area contributed by atoms with Crippen molar-refractivity contribution in [3.05, 3.63) is 24.3 Å². The highest BCUT2D eigenvalue weighted by Crippen LogP contribution is 2.27. The molecule has 13 heavy (non-hydrogen) atoms. The molecule has 1 fully saturated rings. The maximum absolute atomic E-state index is 5.11. The summed E-state index contributed by atoms with van der Waals surface area (Å²) in [6.45, 7) is 3.45. The zero-order valence-electron chi connectivity index (χ0n) is 8.16. The number of anilines is 1. The van der Waals surface area contributed by atoms with Gasteiger partial charge in [0, 0.05) is 18.3 Å². The standard InChI is InChI=1S/C11H15NO/c1-9-7-8-12(9)10-3-5-11(13-2)6-4-10/h3-6,9H,7-8H2,1-2H3. The number of ether oxygens (including phenoxy) is 1. The molecule has 1 aromatic rings. The van der Waals surface area contributed by atoms with Gasteiger partial charge in [-0.15, -0.1) is 0 Å². The zero-order chi connectivity index (χ0) is 9.26. The Morgan fingerprint density at radius 3 is 2.38 bits per heavy atom. The van der Waals surface area contributed by atoms with E-state index in [0.717, 1.165) is 5.75 Å². The highest BCUT2D eigenvalue weighted by molar-refractivity contribution is 5.51. The smallest absolute Gasteiger partial charge is 0.119 e. The Hall–Kier alpha value is -1.18. The number of hydrogen-bond donors (Lipinski definition) is 0. The highest BCUT2D eigenvalue weighted by atomic mass is 16.5. The number of methoxy groups -OCH3 is 1. The van der Waals surface area contributed by atoms with Crippen LogP contribution < -0.4 is 9.64 Å². The van der Waals surface area contributed by atoms with Gasteiger partial charge in [-0.05, 0) is 37.6 Å². The molecule has 0 saturated carbocycles. The van der Waals surface area contributed by atoms with Gasteiger partial charge in [0.25, 0.3) is 0 Å². The van der Waals surface area contributed by atoms with Crippen LogP contribution in [0.2, 0.25) is 0 Å². The quantitative estimate of drug-likeness (QED) is 0.687. The van der Waals surface area contributed by atoms with Crippen LogP contribution in [0.15, 0.2) is 24.3 Å². The van der Waals surface area contributed by atoms with Gasteiger partial charge >= 0.3 is 0 Å². The van der Waals surface area contributed by atoms with Crippen molar-refractivity contribution < 1.29 is 4.74 Å². The summed E-state index contributed by atoms with van der Waals surface area (Å²) in [5, 5.41) is 0. The Bertz CT molecular complexity index is 281. The summed E-state index contributed by atoms with van der Waals surface area (Å²) >= 11 is 0. The van der Waals surface area contributed by atoms with E-state index in [2.05, 4.69) is 24.0 Å². The Balaban J connectivity index is 2.13. The van der Waals surface area contributed by atoms with Crippen LogP contribution in [0, 0.1) is 0 Å². The molecule has 2 heteroatoms. The van der Waals surface area contributed by atoms with E-state index in [9.17, 15) is 0 Å². The third kappa shape index (κ3) is 1.48. The molecule has 2 nitrogen and oxygen atoms in total. The summed E-state index contributed by atoms with van der Waals surface area (Å²) in [4.78, 5) is 2.40. The second-order valence-corrected chi connectivity index (χ2v) is 3.53. The van der Waals surface area contributed by atoms with Crippen LogP contribution in [0.25, 0.3) is 0 Å². The first-order valence-corrected chi connectivity index (χ1v) is 4.72. The fourth-order valence-electron chi connectivity index (χ4n) is 1.67. The average molecular weight is 177 g/mol. The van der Waals surface area contributed by atoms with Gasteiger partial charge < -0.3 is 9.64 Å². The van der Waals surface area contributed by atoms with Crippen LogP contribution >= 0.6 is 0 Å². The van der Waals surface area contributed by atoms with Crippen molar-refractivity contribution in [2.24, 2.45) is 0 Å². The lowest BCUT2D eigenvalue weighted by molar-refractivity contribution is 0.414. The largest absolute Gasteiger partial charge is 0.497 e. The van der Waals surface area contributed by atoms with Gasteiger partial charge in [0.1, 0.15) is 5.75 Å². The maximum atomic E-state index is 5.11. The second kappa shape index (κ2) is 3.29. The van der Waals surface area contributed by atoms with Crippen LogP contribution in [-0.2, 0) is 0 Å². The average Bonchev–Trinajstić information content (AvgIpc) is 2.17. The number of hydrogen-bond acceptors (Lipinski definition) is 2. The van der Waals surface area contributed by atoms with E-state index in [1.54, 1.807) is 7.11 Å². The Morgan fingerprint density at radius 1 is 1.31 bits per heavy atom. The summed E-state index contributed by atoms with van der Waals surface area (Å²) in [5.41, 5.74) is 1.31. The topological polar surface area (TPSA) is 12.5 Å². The fraction of sp³-hybridized carbons (Fsp3) is 0.455. The van der Waals surface area contributed by atoms with E-state index in [0.29, 0.717) is 6.04 Å². The lowest BCUT2D eigenvalue weighted by Crippen LogP contribution is -2.45. The number of nitrogens with zero attached hydrogens (tertiary/aromatic N) is 1. The van der Waals surface area contributed by atoms with Crippen LogP contribution in [0.4, 0.5) is 5.69 Å². The molecule has 0 radical (unpaired) electrons. The van der Waals surface area contributed by atoms with Crippen LogP contribution in [0.5, 0.6) is 5.75 Å². The first-order valence-electron chi connectivity index (χ1n) is 4.72. The first kappa shape index (κ1) is 8.42. The summed E-state index contributed by atoms with van der Waals surface area (Å²) in [6, 6.07) is 8.97. The predicted octanol–water partition coefficient (Wildman–Crippen LogP) is 2.29. The lowest BCUT2D eigenvalue weighted by atomic mass is 10.0. The molecule has 1 atom stereocenters. The summed E-state index contributed by atoms with van der Waals surface area (Å²) < 4.78 is 5.11. The number of rotatable bonds is 2. The van der Waals surface area contributed by atoms with E-state index < -0.39 is 0 Å². The van der Waals surface area contributed by atoms with Gasteiger partial charge in [-0.1, -0.05) is 0 Å². The van der Waals surface area contributed by atoms with E-state index in [1.807, 2.05) is 12.1 Å². The van der Waals surface area contributed by atoms with Gasteiger partial charge in [-0.2, -0.15) is 0 Å². The molecule has 0 spiro atoms. The van der Waals surface area contributed by atoms with Gasteiger partial charge in [0.05, 0.1) is 7.11 Å². The van der Waals surface area contributed by atoms with Crippen LogP contribution in [-0.4, -0.2) is 19.7 Å². The molecule has 1 aliphatic rings. The summed E-state index contributed by atoms with van der Waals surface area (Å²) in [5.74, 6) is 0.928. The minimum atomic E-state index is 0.702. The lowest BCUT2D eigenvalue weighted by Gasteiger charge is -2.40. The SMILES string of the molecule is COc1ccc(N2CCC2C)cc1. The molecule has 0 N–H and O–H groups in total. The minimum Gasteiger partial charge on any atom is -0.497 e. The van der Waals surface area contributed by atoms with Gasteiger partial charge in [-0.3, -0.25) is 0 Å². The monoisotopic (exact) mass is 177 g/mol. The Kier molecular flexibility index (Phi) is 2.13. The zero-order valence-corrected chi connectivity index (χ0v) is 8.16. The maximum Gasteiger partial charge on any atom is 0.119 e. The van der Waals surface area contributed by atoms with Crippen LogP contribution in [0.1, 0.15) is 13.3 Å². The molecule has 1 unspecified atom stereocenters. The van der Waals surface area contributed by atoms with Gasteiger partial charge in [-0.25, -0.2) is 0 Å². The van der Waals surface area contributed by atoms with E-state index in [4.69, 9.17) is 4.74 Å². The van der Waals surface area contributed by atoms with Crippen molar-refractivity contribution in [1.82, 2.24) is 0 Å². The second-order valence-electron chi connectivity index (χ2n) is 3.53. The molecule has 1 aromatic carbocycles. The van der Waals surface area contributed by atoms with Gasteiger partial charge in [0.15, 0.2) is 0 Å². The fourth-order valence-corrected chi connectivity index (χ4v) is 1.67. The molecule has 1 aliphatic heterocycles. The molecule has 0 amide bonds. The van der Waals surface area contributed by atoms with Crippen molar-refractivity contribution in [2.75, 3.05) is 18.6 Å². The molecule has 2 rings (SSSR count). The molecule has 0 aromatic heterocycles. The Morgan fingerprint density at radius 2 is 2.00 bits per heavy atom. The molecule has 0 aliphatic carbocycles. The van der Waals surface area contributed by atoms with Crippen LogP contribution in [0.3, 0.4) is 0 Å². The molecule has 0 bridgehead atoms. The van der Waals surface area contributed by atoms with Crippen molar-refractivity contribution in [3.63, 3.8) is 0 Å². The van der Waals surface area contributed by atoms with Crippen molar-refractivity contribution >= 4 is 5.69 Å². The molecular weight excluding hydrogens is 162 g/mol.